The molecule has 0 radical (unpaired) electrons. The minimum Gasteiger partial charge on any atom is -0.465 e. The average Bonchev–Trinajstić information content (AvgIpc) is 1.86. The molecule has 0 bridgehead atoms. The zero-order valence-corrected chi connectivity index (χ0v) is 7.13. The molecule has 1 unspecified atom stereocenters. The number of hydrogen-bond donors (Lipinski definition) is 2. The SMILES string of the molecule is COCC(NC(=O)O)C(C)C. The Balaban J connectivity index is 3.79. The first-order chi connectivity index (χ1) is 5.07. The Morgan fingerprint density at radius 2 is 2.18 bits per heavy atom. The molecular formula is C7H15NO3. The van der Waals surface area contributed by atoms with Crippen LogP contribution in [0.4, 0.5) is 4.79 Å². The number of rotatable bonds is 4. The molecule has 0 rings (SSSR count). The summed E-state index contributed by atoms with van der Waals surface area (Å²) in [4.78, 5) is 10.2. The Kier molecular flexibility index (Phi) is 4.61. The number of amides is 1. The summed E-state index contributed by atoms with van der Waals surface area (Å²) < 4.78 is 4.84. The van der Waals surface area contributed by atoms with Crippen LogP contribution in [0.5, 0.6) is 0 Å². The third kappa shape index (κ3) is 4.61. The van der Waals surface area contributed by atoms with E-state index in [1.165, 1.54) is 0 Å². The van der Waals surface area contributed by atoms with Gasteiger partial charge in [-0.25, -0.2) is 4.79 Å². The number of ether oxygens (including phenoxy) is 1. The fraction of sp³-hybridized carbons (Fsp3) is 0.857. The molecule has 11 heavy (non-hydrogen) atoms. The van der Waals surface area contributed by atoms with E-state index in [1.54, 1.807) is 7.11 Å². The van der Waals surface area contributed by atoms with Crippen molar-refractivity contribution in [2.24, 2.45) is 5.92 Å². The van der Waals surface area contributed by atoms with Gasteiger partial charge in [0.2, 0.25) is 0 Å². The zero-order valence-electron chi connectivity index (χ0n) is 7.13. The lowest BCUT2D eigenvalue weighted by Crippen LogP contribution is -2.40. The molecule has 0 heterocycles. The zero-order chi connectivity index (χ0) is 8.85. The van der Waals surface area contributed by atoms with E-state index in [0.29, 0.717) is 6.61 Å². The number of methoxy groups -OCH3 is 1. The highest BCUT2D eigenvalue weighted by atomic mass is 16.5. The van der Waals surface area contributed by atoms with E-state index >= 15 is 0 Å². The highest BCUT2D eigenvalue weighted by molar-refractivity contribution is 5.64. The molecule has 0 aliphatic carbocycles. The molecule has 1 amide bonds. The molecule has 0 fully saturated rings. The molecule has 0 aromatic rings. The second-order valence-corrected chi connectivity index (χ2v) is 2.76. The molecule has 4 heteroatoms. The molecule has 0 aromatic carbocycles. The molecular weight excluding hydrogens is 146 g/mol. The summed E-state index contributed by atoms with van der Waals surface area (Å²) in [7, 11) is 1.55. The Morgan fingerprint density at radius 3 is 2.45 bits per heavy atom. The quantitative estimate of drug-likeness (QED) is 0.644. The Hall–Kier alpha value is -0.770. The van der Waals surface area contributed by atoms with Crippen molar-refractivity contribution < 1.29 is 14.6 Å². The lowest BCUT2D eigenvalue weighted by molar-refractivity contribution is 0.136. The lowest BCUT2D eigenvalue weighted by Gasteiger charge is -2.19. The van der Waals surface area contributed by atoms with Gasteiger partial charge in [-0.1, -0.05) is 13.8 Å². The molecule has 0 saturated carbocycles. The topological polar surface area (TPSA) is 58.6 Å². The predicted octanol–water partition coefficient (Wildman–Crippen LogP) is 0.925. The van der Waals surface area contributed by atoms with Crippen LogP contribution in [0.15, 0.2) is 0 Å². The molecule has 2 N–H and O–H groups in total. The van der Waals surface area contributed by atoms with E-state index in [0.717, 1.165) is 0 Å². The fourth-order valence-electron chi connectivity index (χ4n) is 0.739. The van der Waals surface area contributed by atoms with Crippen LogP contribution in [0.1, 0.15) is 13.8 Å². The second kappa shape index (κ2) is 4.96. The first kappa shape index (κ1) is 10.2. The van der Waals surface area contributed by atoms with Crippen LogP contribution in [0.2, 0.25) is 0 Å². The predicted molar refractivity (Wildman–Crippen MR) is 41.7 cm³/mol. The van der Waals surface area contributed by atoms with Crippen molar-refractivity contribution in [1.29, 1.82) is 0 Å². The number of carbonyl (C=O) groups is 1. The third-order valence-corrected chi connectivity index (χ3v) is 1.46. The van der Waals surface area contributed by atoms with Crippen LogP contribution < -0.4 is 5.32 Å². The third-order valence-electron chi connectivity index (χ3n) is 1.46. The van der Waals surface area contributed by atoms with Gasteiger partial charge in [-0.2, -0.15) is 0 Å². The first-order valence-corrected chi connectivity index (χ1v) is 3.56. The van der Waals surface area contributed by atoms with Gasteiger partial charge in [-0.3, -0.25) is 0 Å². The minimum atomic E-state index is -0.999. The maximum Gasteiger partial charge on any atom is 0.404 e. The first-order valence-electron chi connectivity index (χ1n) is 3.56. The van der Waals surface area contributed by atoms with E-state index < -0.39 is 6.09 Å². The summed E-state index contributed by atoms with van der Waals surface area (Å²) in [5.41, 5.74) is 0. The van der Waals surface area contributed by atoms with Crippen LogP contribution in [0.25, 0.3) is 0 Å². The molecule has 0 aliphatic rings. The lowest BCUT2D eigenvalue weighted by atomic mass is 10.1. The summed E-state index contributed by atoms with van der Waals surface area (Å²) in [5.74, 6) is 0.256. The van der Waals surface area contributed by atoms with Crippen molar-refractivity contribution in [3.63, 3.8) is 0 Å². The smallest absolute Gasteiger partial charge is 0.404 e. The van der Waals surface area contributed by atoms with Crippen molar-refractivity contribution in [3.05, 3.63) is 0 Å². The molecule has 0 saturated heterocycles. The summed E-state index contributed by atoms with van der Waals surface area (Å²) in [6.07, 6.45) is -0.999. The van der Waals surface area contributed by atoms with Crippen molar-refractivity contribution >= 4 is 6.09 Å². The van der Waals surface area contributed by atoms with Crippen molar-refractivity contribution in [2.75, 3.05) is 13.7 Å². The Morgan fingerprint density at radius 1 is 1.64 bits per heavy atom. The van der Waals surface area contributed by atoms with Crippen LogP contribution in [0.3, 0.4) is 0 Å². The van der Waals surface area contributed by atoms with Gasteiger partial charge in [-0.15, -0.1) is 0 Å². The molecule has 1 atom stereocenters. The van der Waals surface area contributed by atoms with Crippen LogP contribution in [-0.4, -0.2) is 31.0 Å². The van der Waals surface area contributed by atoms with Gasteiger partial charge >= 0.3 is 6.09 Å². The fourth-order valence-corrected chi connectivity index (χ4v) is 0.739. The average molecular weight is 161 g/mol. The largest absolute Gasteiger partial charge is 0.465 e. The Bertz CT molecular complexity index is 125. The number of carboxylic acid groups (broad SMARTS) is 1. The van der Waals surface area contributed by atoms with Gasteiger partial charge in [-0.05, 0) is 5.92 Å². The van der Waals surface area contributed by atoms with Crippen LogP contribution in [-0.2, 0) is 4.74 Å². The second-order valence-electron chi connectivity index (χ2n) is 2.76. The van der Waals surface area contributed by atoms with E-state index in [9.17, 15) is 4.79 Å². The summed E-state index contributed by atoms with van der Waals surface area (Å²) >= 11 is 0. The van der Waals surface area contributed by atoms with Crippen molar-refractivity contribution in [1.82, 2.24) is 5.32 Å². The molecule has 0 aliphatic heterocycles. The van der Waals surface area contributed by atoms with Gasteiger partial charge in [0.1, 0.15) is 0 Å². The standard InChI is InChI=1S/C7H15NO3/c1-5(2)6(4-11-3)8-7(9)10/h5-6,8H,4H2,1-3H3,(H,9,10). The summed E-state index contributed by atoms with van der Waals surface area (Å²) in [6, 6.07) is -0.113. The molecule has 4 nitrogen and oxygen atoms in total. The Labute approximate surface area is 66.5 Å². The molecule has 0 aromatic heterocycles. The normalized spacial score (nSPS) is 13.1. The summed E-state index contributed by atoms with van der Waals surface area (Å²) in [5, 5.41) is 10.8. The summed E-state index contributed by atoms with van der Waals surface area (Å²) in [6.45, 7) is 4.31. The van der Waals surface area contributed by atoms with Gasteiger partial charge < -0.3 is 15.2 Å². The maximum atomic E-state index is 10.2. The number of hydrogen-bond acceptors (Lipinski definition) is 2. The highest BCUT2D eigenvalue weighted by Crippen LogP contribution is 2.00. The maximum absolute atomic E-state index is 10.2. The van der Waals surface area contributed by atoms with Crippen molar-refractivity contribution in [3.8, 4) is 0 Å². The van der Waals surface area contributed by atoms with Gasteiger partial charge in [0.05, 0.1) is 12.6 Å². The highest BCUT2D eigenvalue weighted by Gasteiger charge is 2.14. The molecule has 0 spiro atoms. The van der Waals surface area contributed by atoms with E-state index in [4.69, 9.17) is 9.84 Å². The van der Waals surface area contributed by atoms with Gasteiger partial charge in [0.15, 0.2) is 0 Å². The van der Waals surface area contributed by atoms with E-state index in [2.05, 4.69) is 5.32 Å². The van der Waals surface area contributed by atoms with Crippen LogP contribution >= 0.6 is 0 Å². The number of nitrogens with one attached hydrogen (secondary N) is 1. The van der Waals surface area contributed by atoms with Crippen LogP contribution in [0, 0.1) is 5.92 Å². The van der Waals surface area contributed by atoms with E-state index in [1.807, 2.05) is 13.8 Å². The van der Waals surface area contributed by atoms with Gasteiger partial charge in [0.25, 0.3) is 0 Å². The van der Waals surface area contributed by atoms with E-state index in [-0.39, 0.29) is 12.0 Å². The van der Waals surface area contributed by atoms with Gasteiger partial charge in [0, 0.05) is 7.11 Å². The van der Waals surface area contributed by atoms with Crippen molar-refractivity contribution in [2.45, 2.75) is 19.9 Å². The minimum absolute atomic E-state index is 0.113. The molecule has 66 valence electrons. The monoisotopic (exact) mass is 161 g/mol.